The van der Waals surface area contributed by atoms with E-state index in [-0.39, 0.29) is 12.3 Å². The summed E-state index contributed by atoms with van der Waals surface area (Å²) in [6.07, 6.45) is -0.229. The lowest BCUT2D eigenvalue weighted by molar-refractivity contribution is 0.141. The molecule has 2 atom stereocenters. The molecular weight excluding hydrogens is 234 g/mol. The Bertz CT molecular complexity index is 461. The number of hydrogen-bond donors (Lipinski definition) is 0. The van der Waals surface area contributed by atoms with Crippen molar-refractivity contribution in [2.45, 2.75) is 26.1 Å². The number of azo groups is 1. The Morgan fingerprint density at radius 2 is 2.12 bits per heavy atom. The highest BCUT2D eigenvalue weighted by Crippen LogP contribution is 2.22. The van der Waals surface area contributed by atoms with Crippen LogP contribution in [0.2, 0.25) is 0 Å². The van der Waals surface area contributed by atoms with Crippen molar-refractivity contribution < 1.29 is 4.74 Å². The van der Waals surface area contributed by atoms with Crippen LogP contribution in [0.3, 0.4) is 0 Å². The SMILES string of the molecule is Cc1ccccc1OC(C)C1N=NC(=S)N1C. The van der Waals surface area contributed by atoms with Gasteiger partial charge in [-0.15, -0.1) is 5.11 Å². The highest BCUT2D eigenvalue weighted by atomic mass is 32.1. The van der Waals surface area contributed by atoms with E-state index in [1.807, 2.05) is 50.1 Å². The van der Waals surface area contributed by atoms with Crippen LogP contribution in [-0.4, -0.2) is 29.3 Å². The largest absolute Gasteiger partial charge is 0.486 e. The summed E-state index contributed by atoms with van der Waals surface area (Å²) in [6, 6.07) is 7.92. The average molecular weight is 249 g/mol. The molecule has 0 aliphatic carbocycles. The van der Waals surface area contributed by atoms with Crippen LogP contribution >= 0.6 is 12.2 Å². The average Bonchev–Trinajstić information content (AvgIpc) is 2.63. The van der Waals surface area contributed by atoms with Crippen LogP contribution in [0.5, 0.6) is 5.75 Å². The fourth-order valence-corrected chi connectivity index (χ4v) is 1.88. The van der Waals surface area contributed by atoms with Gasteiger partial charge in [0.1, 0.15) is 11.9 Å². The van der Waals surface area contributed by atoms with Gasteiger partial charge in [-0.1, -0.05) is 18.2 Å². The van der Waals surface area contributed by atoms with Crippen molar-refractivity contribution >= 4 is 17.3 Å². The number of rotatable bonds is 3. The molecule has 1 heterocycles. The van der Waals surface area contributed by atoms with Gasteiger partial charge in [-0.25, -0.2) is 0 Å². The zero-order valence-electron chi connectivity index (χ0n) is 10.1. The standard InChI is InChI=1S/C12H15N3OS/c1-8-6-4-5-7-10(8)16-9(2)11-13-14-12(17)15(11)3/h4-7,9,11H,1-3H3. The Hall–Kier alpha value is -1.49. The summed E-state index contributed by atoms with van der Waals surface area (Å²) in [5.74, 6) is 0.876. The van der Waals surface area contributed by atoms with E-state index in [9.17, 15) is 0 Å². The third-order valence-corrected chi connectivity index (χ3v) is 3.16. The van der Waals surface area contributed by atoms with Crippen LogP contribution in [0.25, 0.3) is 0 Å². The molecule has 0 amide bonds. The molecule has 2 rings (SSSR count). The van der Waals surface area contributed by atoms with Gasteiger partial charge in [-0.3, -0.25) is 0 Å². The molecule has 0 saturated heterocycles. The van der Waals surface area contributed by atoms with Crippen LogP contribution in [0.4, 0.5) is 0 Å². The third-order valence-electron chi connectivity index (χ3n) is 2.79. The van der Waals surface area contributed by atoms with Crippen molar-refractivity contribution in [3.8, 4) is 5.75 Å². The summed E-state index contributed by atoms with van der Waals surface area (Å²) in [5, 5.41) is 8.50. The van der Waals surface area contributed by atoms with Crippen molar-refractivity contribution in [3.63, 3.8) is 0 Å². The topological polar surface area (TPSA) is 37.2 Å². The first-order valence-electron chi connectivity index (χ1n) is 5.49. The predicted molar refractivity (Wildman–Crippen MR) is 70.3 cm³/mol. The fraction of sp³-hybridized carbons (Fsp3) is 0.417. The molecule has 4 nitrogen and oxygen atoms in total. The van der Waals surface area contributed by atoms with Gasteiger partial charge in [-0.05, 0) is 37.7 Å². The summed E-state index contributed by atoms with van der Waals surface area (Å²) < 4.78 is 5.89. The van der Waals surface area contributed by atoms with Crippen molar-refractivity contribution in [1.29, 1.82) is 0 Å². The maximum absolute atomic E-state index is 5.89. The molecule has 1 aromatic carbocycles. The van der Waals surface area contributed by atoms with E-state index in [1.54, 1.807) is 0 Å². The molecule has 0 spiro atoms. The number of benzene rings is 1. The van der Waals surface area contributed by atoms with Gasteiger partial charge < -0.3 is 9.64 Å². The van der Waals surface area contributed by atoms with Crippen molar-refractivity contribution in [2.75, 3.05) is 7.05 Å². The molecule has 0 bridgehead atoms. The minimum Gasteiger partial charge on any atom is -0.486 e. The minimum atomic E-state index is -0.137. The summed E-state index contributed by atoms with van der Waals surface area (Å²) in [7, 11) is 1.88. The lowest BCUT2D eigenvalue weighted by Crippen LogP contribution is -2.39. The third kappa shape index (κ3) is 2.44. The van der Waals surface area contributed by atoms with E-state index in [0.29, 0.717) is 5.11 Å². The van der Waals surface area contributed by atoms with Crippen molar-refractivity contribution in [2.24, 2.45) is 10.2 Å². The van der Waals surface area contributed by atoms with Gasteiger partial charge in [0.25, 0.3) is 0 Å². The molecule has 0 N–H and O–H groups in total. The number of nitrogens with zero attached hydrogens (tertiary/aromatic N) is 3. The Morgan fingerprint density at radius 3 is 2.71 bits per heavy atom. The summed E-state index contributed by atoms with van der Waals surface area (Å²) in [6.45, 7) is 3.99. The number of ether oxygens (including phenoxy) is 1. The van der Waals surface area contributed by atoms with Crippen molar-refractivity contribution in [1.82, 2.24) is 4.90 Å². The number of likely N-dealkylation sites (N-methyl/N-ethyl adjacent to an activating group) is 1. The molecule has 1 aliphatic rings. The molecule has 0 radical (unpaired) electrons. The van der Waals surface area contributed by atoms with Crippen molar-refractivity contribution in [3.05, 3.63) is 29.8 Å². The molecule has 2 unspecified atom stereocenters. The number of hydrogen-bond acceptors (Lipinski definition) is 3. The highest BCUT2D eigenvalue weighted by molar-refractivity contribution is 7.80. The Morgan fingerprint density at radius 1 is 1.41 bits per heavy atom. The molecule has 1 aliphatic heterocycles. The molecule has 1 aromatic rings. The number of aryl methyl sites for hydroxylation is 1. The molecule has 0 fully saturated rings. The van der Waals surface area contributed by atoms with Crippen LogP contribution in [0, 0.1) is 6.92 Å². The quantitative estimate of drug-likeness (QED) is 0.773. The van der Waals surface area contributed by atoms with Gasteiger partial charge in [0.05, 0.1) is 0 Å². The second-order valence-electron chi connectivity index (χ2n) is 4.11. The predicted octanol–water partition coefficient (Wildman–Crippen LogP) is 2.77. The van der Waals surface area contributed by atoms with Gasteiger partial charge in [0.2, 0.25) is 5.11 Å². The number of para-hydroxylation sites is 1. The van der Waals surface area contributed by atoms with E-state index in [2.05, 4.69) is 10.2 Å². The van der Waals surface area contributed by atoms with E-state index < -0.39 is 0 Å². The summed E-state index contributed by atoms with van der Waals surface area (Å²) in [4.78, 5) is 1.85. The molecule has 5 heteroatoms. The van der Waals surface area contributed by atoms with Crippen LogP contribution in [0.15, 0.2) is 34.5 Å². The maximum Gasteiger partial charge on any atom is 0.217 e. The lowest BCUT2D eigenvalue weighted by atomic mass is 10.2. The van der Waals surface area contributed by atoms with Gasteiger partial charge >= 0.3 is 0 Å². The zero-order valence-corrected chi connectivity index (χ0v) is 10.9. The second kappa shape index (κ2) is 4.79. The highest BCUT2D eigenvalue weighted by Gasteiger charge is 2.29. The van der Waals surface area contributed by atoms with E-state index in [0.717, 1.165) is 11.3 Å². The zero-order chi connectivity index (χ0) is 12.4. The first kappa shape index (κ1) is 12.0. The Labute approximate surface area is 106 Å². The Balaban J connectivity index is 2.08. The fourth-order valence-electron chi connectivity index (χ4n) is 1.73. The van der Waals surface area contributed by atoms with Crippen LogP contribution in [-0.2, 0) is 0 Å². The van der Waals surface area contributed by atoms with Crippen LogP contribution in [0.1, 0.15) is 12.5 Å². The molecular formula is C12H15N3OS. The second-order valence-corrected chi connectivity index (χ2v) is 4.48. The molecule has 17 heavy (non-hydrogen) atoms. The number of thiocarbonyl (C=S) groups is 1. The van der Waals surface area contributed by atoms with Gasteiger partial charge in [-0.2, -0.15) is 5.11 Å². The monoisotopic (exact) mass is 249 g/mol. The smallest absolute Gasteiger partial charge is 0.217 e. The lowest BCUT2D eigenvalue weighted by Gasteiger charge is -2.25. The van der Waals surface area contributed by atoms with Crippen LogP contribution < -0.4 is 4.74 Å². The van der Waals surface area contributed by atoms with E-state index in [1.165, 1.54) is 0 Å². The molecule has 90 valence electrons. The van der Waals surface area contributed by atoms with Gasteiger partial charge in [0, 0.05) is 7.05 Å². The molecule has 0 aromatic heterocycles. The first-order chi connectivity index (χ1) is 8.09. The van der Waals surface area contributed by atoms with E-state index in [4.69, 9.17) is 17.0 Å². The Kier molecular flexibility index (Phi) is 3.38. The normalized spacial score (nSPS) is 20.8. The maximum atomic E-state index is 5.89. The van der Waals surface area contributed by atoms with Gasteiger partial charge in [0.15, 0.2) is 6.17 Å². The molecule has 0 saturated carbocycles. The summed E-state index contributed by atoms with van der Waals surface area (Å²) in [5.41, 5.74) is 1.11. The minimum absolute atomic E-state index is 0.0923. The summed E-state index contributed by atoms with van der Waals surface area (Å²) >= 11 is 5.04. The first-order valence-corrected chi connectivity index (χ1v) is 5.90. The van der Waals surface area contributed by atoms with E-state index >= 15 is 0 Å².